The summed E-state index contributed by atoms with van der Waals surface area (Å²) in [6.45, 7) is 2.41. The Morgan fingerprint density at radius 3 is 3.21 bits per heavy atom. The molecule has 2 aromatic heterocycles. The van der Waals surface area contributed by atoms with Gasteiger partial charge in [-0.05, 0) is 28.4 Å². The maximum Gasteiger partial charge on any atom is 0.0952 e. The number of nitrogens with zero attached hydrogens (tertiary/aromatic N) is 2. The normalized spacial score (nSPS) is 20.8. The van der Waals surface area contributed by atoms with Crippen molar-refractivity contribution in [3.8, 4) is 0 Å². The second kappa shape index (κ2) is 5.75. The first-order valence-corrected chi connectivity index (χ1v) is 7.97. The SMILES string of the molecule is NC(c1cncn1Cc1cc(Br)cs1)C1CCOC1. The van der Waals surface area contributed by atoms with E-state index >= 15 is 0 Å². The van der Waals surface area contributed by atoms with Crippen LogP contribution in [0.5, 0.6) is 0 Å². The molecule has 0 aliphatic carbocycles. The van der Waals surface area contributed by atoms with Gasteiger partial charge in [-0.15, -0.1) is 11.3 Å². The van der Waals surface area contributed by atoms with E-state index < -0.39 is 0 Å². The molecule has 0 bridgehead atoms. The lowest BCUT2D eigenvalue weighted by Crippen LogP contribution is -2.24. The molecule has 102 valence electrons. The molecule has 4 nitrogen and oxygen atoms in total. The number of thiophene rings is 1. The van der Waals surface area contributed by atoms with Crippen molar-refractivity contribution in [2.45, 2.75) is 19.0 Å². The molecule has 0 amide bonds. The molecule has 0 aromatic carbocycles. The van der Waals surface area contributed by atoms with Crippen molar-refractivity contribution in [1.29, 1.82) is 0 Å². The molecule has 1 fully saturated rings. The van der Waals surface area contributed by atoms with E-state index in [1.165, 1.54) is 4.88 Å². The van der Waals surface area contributed by atoms with E-state index in [0.29, 0.717) is 5.92 Å². The fraction of sp³-hybridized carbons (Fsp3) is 0.462. The summed E-state index contributed by atoms with van der Waals surface area (Å²) < 4.78 is 8.69. The average Bonchev–Trinajstić information content (AvgIpc) is 3.10. The van der Waals surface area contributed by atoms with Crippen molar-refractivity contribution in [3.05, 3.63) is 39.0 Å². The van der Waals surface area contributed by atoms with Crippen molar-refractivity contribution in [3.63, 3.8) is 0 Å². The largest absolute Gasteiger partial charge is 0.381 e. The van der Waals surface area contributed by atoms with Crippen LogP contribution in [0.2, 0.25) is 0 Å². The number of nitrogens with two attached hydrogens (primary N) is 1. The van der Waals surface area contributed by atoms with Gasteiger partial charge in [0.1, 0.15) is 0 Å². The molecule has 2 N–H and O–H groups in total. The Morgan fingerprint density at radius 1 is 1.63 bits per heavy atom. The van der Waals surface area contributed by atoms with E-state index in [-0.39, 0.29) is 6.04 Å². The quantitative estimate of drug-likeness (QED) is 0.930. The van der Waals surface area contributed by atoms with Crippen molar-refractivity contribution >= 4 is 27.3 Å². The van der Waals surface area contributed by atoms with E-state index in [0.717, 1.165) is 36.3 Å². The standard InChI is InChI=1S/C13H16BrN3OS/c14-10-3-11(19-7-10)5-17-8-16-4-12(17)13(15)9-1-2-18-6-9/h3-4,7-9,13H,1-2,5-6,15H2. The fourth-order valence-electron chi connectivity index (χ4n) is 2.42. The number of aromatic nitrogens is 2. The third-order valence-corrected chi connectivity index (χ3v) is 5.19. The number of imidazole rings is 1. The Hall–Kier alpha value is -0.690. The first-order chi connectivity index (χ1) is 9.24. The van der Waals surface area contributed by atoms with E-state index in [1.54, 1.807) is 11.3 Å². The zero-order valence-corrected chi connectivity index (χ0v) is 12.9. The van der Waals surface area contributed by atoms with Crippen LogP contribution in [-0.2, 0) is 11.3 Å². The second-order valence-corrected chi connectivity index (χ2v) is 6.74. The minimum Gasteiger partial charge on any atom is -0.381 e. The van der Waals surface area contributed by atoms with Gasteiger partial charge in [-0.1, -0.05) is 0 Å². The topological polar surface area (TPSA) is 53.1 Å². The molecule has 2 unspecified atom stereocenters. The zero-order chi connectivity index (χ0) is 13.2. The Balaban J connectivity index is 1.77. The van der Waals surface area contributed by atoms with Crippen LogP contribution in [-0.4, -0.2) is 22.8 Å². The lowest BCUT2D eigenvalue weighted by molar-refractivity contribution is 0.180. The molecule has 0 saturated carbocycles. The van der Waals surface area contributed by atoms with Gasteiger partial charge in [-0.2, -0.15) is 0 Å². The Bertz CT molecular complexity index is 548. The number of halogens is 1. The molecule has 19 heavy (non-hydrogen) atoms. The van der Waals surface area contributed by atoms with E-state index in [9.17, 15) is 0 Å². The van der Waals surface area contributed by atoms with Crippen LogP contribution in [0.25, 0.3) is 0 Å². The molecule has 0 radical (unpaired) electrons. The summed E-state index contributed by atoms with van der Waals surface area (Å²) >= 11 is 5.22. The first-order valence-electron chi connectivity index (χ1n) is 6.30. The summed E-state index contributed by atoms with van der Waals surface area (Å²) in [6.07, 6.45) is 4.78. The molecule has 1 aliphatic rings. The van der Waals surface area contributed by atoms with Gasteiger partial charge in [0.25, 0.3) is 0 Å². The monoisotopic (exact) mass is 341 g/mol. The van der Waals surface area contributed by atoms with Crippen LogP contribution in [0.3, 0.4) is 0 Å². The number of rotatable bonds is 4. The molecular formula is C13H16BrN3OS. The predicted molar refractivity (Wildman–Crippen MR) is 79.2 cm³/mol. The number of hydrogen-bond acceptors (Lipinski definition) is 4. The fourth-order valence-corrected chi connectivity index (χ4v) is 3.87. The lowest BCUT2D eigenvalue weighted by atomic mass is 9.97. The minimum absolute atomic E-state index is 0.00778. The number of hydrogen-bond donors (Lipinski definition) is 1. The van der Waals surface area contributed by atoms with Crippen LogP contribution in [0.1, 0.15) is 23.0 Å². The van der Waals surface area contributed by atoms with Crippen LogP contribution in [0, 0.1) is 5.92 Å². The molecule has 2 aromatic rings. The van der Waals surface area contributed by atoms with Gasteiger partial charge >= 0.3 is 0 Å². The summed E-state index contributed by atoms with van der Waals surface area (Å²) in [5.41, 5.74) is 7.45. The molecular weight excluding hydrogens is 326 g/mol. The second-order valence-electron chi connectivity index (χ2n) is 4.83. The van der Waals surface area contributed by atoms with Gasteiger partial charge in [0.05, 0.1) is 31.2 Å². The Morgan fingerprint density at radius 2 is 2.53 bits per heavy atom. The van der Waals surface area contributed by atoms with Gasteiger partial charge in [0.2, 0.25) is 0 Å². The van der Waals surface area contributed by atoms with Gasteiger partial charge in [-0.3, -0.25) is 0 Å². The highest BCUT2D eigenvalue weighted by molar-refractivity contribution is 9.10. The average molecular weight is 342 g/mol. The molecule has 3 rings (SSSR count). The maximum absolute atomic E-state index is 6.36. The van der Waals surface area contributed by atoms with Crippen LogP contribution in [0.4, 0.5) is 0 Å². The predicted octanol–water partition coefficient (Wildman–Crippen LogP) is 2.79. The van der Waals surface area contributed by atoms with Crippen LogP contribution in [0.15, 0.2) is 28.4 Å². The minimum atomic E-state index is 0.00778. The molecule has 1 aliphatic heterocycles. The Labute approximate surface area is 124 Å². The highest BCUT2D eigenvalue weighted by atomic mass is 79.9. The Kier molecular flexibility index (Phi) is 4.02. The summed E-state index contributed by atoms with van der Waals surface area (Å²) in [5, 5.41) is 2.09. The van der Waals surface area contributed by atoms with Crippen molar-refractivity contribution in [1.82, 2.24) is 9.55 Å². The van der Waals surface area contributed by atoms with E-state index in [1.807, 2.05) is 12.5 Å². The van der Waals surface area contributed by atoms with Crippen molar-refractivity contribution in [2.75, 3.05) is 13.2 Å². The molecule has 6 heteroatoms. The third-order valence-electron chi connectivity index (χ3n) is 3.51. The summed E-state index contributed by atoms with van der Waals surface area (Å²) in [6, 6.07) is 2.15. The van der Waals surface area contributed by atoms with Gasteiger partial charge in [-0.25, -0.2) is 4.98 Å². The third kappa shape index (κ3) is 2.91. The molecule has 2 atom stereocenters. The van der Waals surface area contributed by atoms with Gasteiger partial charge in [0.15, 0.2) is 0 Å². The van der Waals surface area contributed by atoms with Gasteiger partial charge < -0.3 is 15.0 Å². The summed E-state index contributed by atoms with van der Waals surface area (Å²) in [5.74, 6) is 0.408. The first kappa shape index (κ1) is 13.3. The van der Waals surface area contributed by atoms with Crippen LogP contribution < -0.4 is 5.73 Å². The van der Waals surface area contributed by atoms with E-state index in [2.05, 4.69) is 36.9 Å². The van der Waals surface area contributed by atoms with Crippen molar-refractivity contribution in [2.24, 2.45) is 11.7 Å². The maximum atomic E-state index is 6.36. The highest BCUT2D eigenvalue weighted by Gasteiger charge is 2.26. The lowest BCUT2D eigenvalue weighted by Gasteiger charge is -2.19. The number of ether oxygens (including phenoxy) is 1. The summed E-state index contributed by atoms with van der Waals surface area (Å²) in [4.78, 5) is 5.55. The van der Waals surface area contributed by atoms with Gasteiger partial charge in [0, 0.05) is 33.5 Å². The van der Waals surface area contributed by atoms with E-state index in [4.69, 9.17) is 10.5 Å². The highest BCUT2D eigenvalue weighted by Crippen LogP contribution is 2.28. The molecule has 3 heterocycles. The van der Waals surface area contributed by atoms with Crippen molar-refractivity contribution < 1.29 is 4.74 Å². The smallest absolute Gasteiger partial charge is 0.0952 e. The molecule has 1 saturated heterocycles. The van der Waals surface area contributed by atoms with Crippen LogP contribution >= 0.6 is 27.3 Å². The zero-order valence-electron chi connectivity index (χ0n) is 10.5. The summed E-state index contributed by atoms with van der Waals surface area (Å²) in [7, 11) is 0. The molecule has 0 spiro atoms.